The molecule has 0 bridgehead atoms. The molecule has 1 unspecified atom stereocenters. The molecule has 0 fully saturated rings. The maximum absolute atomic E-state index is 12.8. The molecule has 1 aromatic heterocycles. The third-order valence-electron chi connectivity index (χ3n) is 2.41. The quantitative estimate of drug-likeness (QED) is 0.681. The summed E-state index contributed by atoms with van der Waals surface area (Å²) in [4.78, 5) is 14.9. The number of hydrogen-bond acceptors (Lipinski definition) is 5. The maximum atomic E-state index is 12.8. The fourth-order valence-electron chi connectivity index (χ4n) is 1.48. The molecule has 2 aromatic rings. The van der Waals surface area contributed by atoms with Gasteiger partial charge in [-0.15, -0.1) is 0 Å². The van der Waals surface area contributed by atoms with E-state index < -0.39 is 32.9 Å². The number of H-pyrrole nitrogens is 1. The lowest BCUT2D eigenvalue weighted by atomic mass is 10.1. The van der Waals surface area contributed by atoms with Crippen LogP contribution in [0.15, 0.2) is 35.7 Å². The fourth-order valence-corrected chi connectivity index (χ4v) is 2.51. The highest BCUT2D eigenvalue weighted by Crippen LogP contribution is 2.16. The first-order valence-corrected chi connectivity index (χ1v) is 6.81. The molecule has 2 rings (SSSR count). The van der Waals surface area contributed by atoms with E-state index in [9.17, 15) is 17.6 Å². The number of carbonyl (C=O) groups is 1. The molecular weight excluding hydrogens is 289 g/mol. The molecule has 0 spiro atoms. The van der Waals surface area contributed by atoms with Crippen LogP contribution in [0.5, 0.6) is 0 Å². The van der Waals surface area contributed by atoms with Crippen molar-refractivity contribution >= 4 is 15.9 Å². The first-order valence-electron chi connectivity index (χ1n) is 5.32. The Balaban J connectivity index is 2.32. The number of rotatable bonds is 5. The Kier molecular flexibility index (Phi) is 3.77. The number of nitrogens with zero attached hydrogens (tertiary/aromatic N) is 2. The summed E-state index contributed by atoms with van der Waals surface area (Å²) in [6.07, 6.45) is 1.01. The summed E-state index contributed by atoms with van der Waals surface area (Å²) < 4.78 is 38.8. The summed E-state index contributed by atoms with van der Waals surface area (Å²) >= 11 is 0. The Bertz CT molecular complexity index is 699. The lowest BCUT2D eigenvalue weighted by molar-refractivity contribution is -0.119. The van der Waals surface area contributed by atoms with Gasteiger partial charge in [0.15, 0.2) is 0 Å². The largest absolute Gasteiger partial charge is 0.368 e. The Morgan fingerprint density at radius 1 is 1.35 bits per heavy atom. The molecule has 1 aromatic carbocycles. The molecule has 8 nitrogen and oxygen atoms in total. The van der Waals surface area contributed by atoms with Crippen molar-refractivity contribution in [3.8, 4) is 0 Å². The smallest absolute Gasteiger partial charge is 0.276 e. The highest BCUT2D eigenvalue weighted by atomic mass is 32.2. The first kappa shape index (κ1) is 14.1. The van der Waals surface area contributed by atoms with E-state index in [1.165, 1.54) is 12.1 Å². The highest BCUT2D eigenvalue weighted by molar-refractivity contribution is 7.89. The fraction of sp³-hybridized carbons (Fsp3) is 0.100. The molecule has 106 valence electrons. The summed E-state index contributed by atoms with van der Waals surface area (Å²) in [5, 5.41) is 5.11. The molecule has 0 saturated carbocycles. The van der Waals surface area contributed by atoms with E-state index in [-0.39, 0.29) is 5.56 Å². The van der Waals surface area contributed by atoms with Gasteiger partial charge in [-0.25, -0.2) is 22.9 Å². The lowest BCUT2D eigenvalue weighted by Gasteiger charge is -2.14. The second-order valence-corrected chi connectivity index (χ2v) is 5.43. The zero-order valence-corrected chi connectivity index (χ0v) is 10.8. The Labute approximate surface area is 113 Å². The number of carbonyl (C=O) groups excluding carboxylic acids is 1. The number of hydrogen-bond donors (Lipinski definition) is 3. The van der Waals surface area contributed by atoms with Crippen molar-refractivity contribution in [3.05, 3.63) is 42.0 Å². The van der Waals surface area contributed by atoms with Crippen LogP contribution in [0.25, 0.3) is 0 Å². The summed E-state index contributed by atoms with van der Waals surface area (Å²) in [7, 11) is -4.09. The van der Waals surface area contributed by atoms with Crippen LogP contribution >= 0.6 is 0 Å². The summed E-state index contributed by atoms with van der Waals surface area (Å²) in [5.74, 6) is -1.45. The normalized spacial score (nSPS) is 13.1. The Hall–Kier alpha value is -2.33. The van der Waals surface area contributed by atoms with Crippen LogP contribution in [0.3, 0.4) is 0 Å². The topological polar surface area (TPSA) is 131 Å². The van der Waals surface area contributed by atoms with E-state index in [4.69, 9.17) is 5.73 Å². The van der Waals surface area contributed by atoms with Gasteiger partial charge in [0.1, 0.15) is 18.2 Å². The molecule has 4 N–H and O–H groups in total. The molecule has 0 radical (unpaired) electrons. The molecule has 1 atom stereocenters. The molecule has 0 aliphatic rings. The average Bonchev–Trinajstić information content (AvgIpc) is 2.91. The van der Waals surface area contributed by atoms with Gasteiger partial charge in [-0.3, -0.25) is 4.79 Å². The number of nitrogens with two attached hydrogens (primary N) is 1. The number of sulfonamides is 1. The molecular formula is C10H10FN5O3S. The van der Waals surface area contributed by atoms with Crippen LogP contribution in [-0.4, -0.2) is 29.5 Å². The van der Waals surface area contributed by atoms with Crippen LogP contribution in [0, 0.1) is 5.82 Å². The van der Waals surface area contributed by atoms with Crippen molar-refractivity contribution in [1.82, 2.24) is 19.9 Å². The van der Waals surface area contributed by atoms with Crippen LogP contribution in [0.2, 0.25) is 0 Å². The number of primary amides is 1. The second-order valence-electron chi connectivity index (χ2n) is 3.80. The first-order chi connectivity index (χ1) is 9.40. The molecule has 10 heteroatoms. The van der Waals surface area contributed by atoms with Crippen LogP contribution < -0.4 is 10.5 Å². The zero-order chi connectivity index (χ0) is 14.8. The van der Waals surface area contributed by atoms with E-state index in [1.54, 1.807) is 0 Å². The minimum atomic E-state index is -4.09. The van der Waals surface area contributed by atoms with E-state index in [0.29, 0.717) is 0 Å². The number of nitrogens with one attached hydrogen (secondary N) is 2. The minimum Gasteiger partial charge on any atom is -0.368 e. The average molecular weight is 299 g/mol. The number of aromatic amines is 1. The molecule has 0 aliphatic heterocycles. The van der Waals surface area contributed by atoms with Gasteiger partial charge in [0.25, 0.3) is 15.2 Å². The van der Waals surface area contributed by atoms with Crippen LogP contribution in [0.1, 0.15) is 11.6 Å². The van der Waals surface area contributed by atoms with E-state index >= 15 is 0 Å². The molecule has 1 heterocycles. The van der Waals surface area contributed by atoms with Crippen molar-refractivity contribution in [2.45, 2.75) is 11.2 Å². The van der Waals surface area contributed by atoms with Crippen LogP contribution in [-0.2, 0) is 14.8 Å². The van der Waals surface area contributed by atoms with Gasteiger partial charge >= 0.3 is 0 Å². The summed E-state index contributed by atoms with van der Waals surface area (Å²) in [5.41, 5.74) is 5.37. The van der Waals surface area contributed by atoms with Gasteiger partial charge in [-0.2, -0.15) is 9.82 Å². The predicted octanol–water partition coefficient (Wildman–Crippen LogP) is -0.551. The third kappa shape index (κ3) is 2.97. The Morgan fingerprint density at radius 3 is 2.50 bits per heavy atom. The van der Waals surface area contributed by atoms with Crippen molar-refractivity contribution in [2.24, 2.45) is 5.73 Å². The highest BCUT2D eigenvalue weighted by Gasteiger charge is 2.27. The molecule has 1 amide bonds. The molecule has 0 aliphatic carbocycles. The van der Waals surface area contributed by atoms with E-state index in [1.807, 2.05) is 0 Å². The van der Waals surface area contributed by atoms with Gasteiger partial charge in [0, 0.05) is 0 Å². The van der Waals surface area contributed by atoms with E-state index in [0.717, 1.165) is 18.5 Å². The zero-order valence-electron chi connectivity index (χ0n) is 9.95. The van der Waals surface area contributed by atoms with Gasteiger partial charge in [-0.1, -0.05) is 12.1 Å². The molecule has 0 saturated heterocycles. The molecule has 20 heavy (non-hydrogen) atoms. The van der Waals surface area contributed by atoms with Crippen molar-refractivity contribution in [2.75, 3.05) is 0 Å². The monoisotopic (exact) mass is 299 g/mol. The van der Waals surface area contributed by atoms with E-state index in [2.05, 4.69) is 19.9 Å². The van der Waals surface area contributed by atoms with Gasteiger partial charge in [0.2, 0.25) is 5.91 Å². The van der Waals surface area contributed by atoms with Crippen molar-refractivity contribution in [3.63, 3.8) is 0 Å². The number of aromatic nitrogens is 3. The third-order valence-corrected chi connectivity index (χ3v) is 3.66. The predicted molar refractivity (Wildman–Crippen MR) is 65.0 cm³/mol. The van der Waals surface area contributed by atoms with Gasteiger partial charge in [0.05, 0.1) is 0 Å². The maximum Gasteiger partial charge on any atom is 0.276 e. The minimum absolute atomic E-state index is 0.210. The van der Waals surface area contributed by atoms with Gasteiger partial charge < -0.3 is 5.73 Å². The number of amides is 1. The summed E-state index contributed by atoms with van der Waals surface area (Å²) in [6, 6.07) is 3.36. The number of halogens is 1. The number of benzene rings is 1. The standard InChI is InChI=1S/C10H10FN5O3S/c11-7-3-1-6(2-4-7)8(9(12)17)16-20(18,19)10-13-5-14-15-10/h1-5,8,16H,(H2,12,17)(H,13,14,15). The van der Waals surface area contributed by atoms with Crippen LogP contribution in [0.4, 0.5) is 4.39 Å². The summed E-state index contributed by atoms with van der Waals surface area (Å²) in [6.45, 7) is 0. The Morgan fingerprint density at radius 2 is 2.00 bits per heavy atom. The van der Waals surface area contributed by atoms with Crippen molar-refractivity contribution in [1.29, 1.82) is 0 Å². The second kappa shape index (κ2) is 5.35. The van der Waals surface area contributed by atoms with Gasteiger partial charge in [-0.05, 0) is 17.7 Å². The SMILES string of the molecule is NC(=O)C(NS(=O)(=O)c1ncn[nH]1)c1ccc(F)cc1. The lowest BCUT2D eigenvalue weighted by Crippen LogP contribution is -2.37. The van der Waals surface area contributed by atoms with Crippen molar-refractivity contribution < 1.29 is 17.6 Å².